The summed E-state index contributed by atoms with van der Waals surface area (Å²) in [5, 5.41) is 0. The van der Waals surface area contributed by atoms with Gasteiger partial charge in [-0.1, -0.05) is 30.3 Å². The molecule has 0 saturated carbocycles. The van der Waals surface area contributed by atoms with Crippen molar-refractivity contribution in [2.75, 3.05) is 6.61 Å². The van der Waals surface area contributed by atoms with Crippen LogP contribution < -0.4 is 4.74 Å². The lowest BCUT2D eigenvalue weighted by Gasteiger charge is -2.05. The maximum absolute atomic E-state index is 12.8. The minimum atomic E-state index is -0.391. The van der Waals surface area contributed by atoms with Crippen LogP contribution in [0, 0.1) is 11.9 Å². The molecule has 0 fully saturated rings. The van der Waals surface area contributed by atoms with Gasteiger partial charge in [-0.3, -0.25) is 0 Å². The Balaban J connectivity index is 1.85. The minimum Gasteiger partial charge on any atom is -0.493 e. The molecule has 0 aliphatic heterocycles. The fourth-order valence-electron chi connectivity index (χ4n) is 1.44. The van der Waals surface area contributed by atoms with E-state index >= 15 is 0 Å². The second-order valence-corrected chi connectivity index (χ2v) is 3.46. The molecule has 0 spiro atoms. The van der Waals surface area contributed by atoms with Crippen LogP contribution in [0.3, 0.4) is 0 Å². The van der Waals surface area contributed by atoms with Crippen molar-refractivity contribution in [3.05, 3.63) is 66.0 Å². The van der Waals surface area contributed by atoms with Crippen LogP contribution in [0.2, 0.25) is 0 Å². The van der Waals surface area contributed by atoms with Gasteiger partial charge in [0, 0.05) is 18.6 Å². The number of ether oxygens (including phenoxy) is 1. The van der Waals surface area contributed by atoms with E-state index < -0.39 is 5.82 Å². The van der Waals surface area contributed by atoms with Gasteiger partial charge < -0.3 is 4.74 Å². The molecule has 0 aliphatic rings. The Morgan fingerprint density at radius 1 is 1.12 bits per heavy atom. The van der Waals surface area contributed by atoms with Crippen molar-refractivity contribution < 1.29 is 9.13 Å². The minimum absolute atomic E-state index is 0.391. The number of halogens is 1. The first-order chi connectivity index (χ1) is 7.84. The van der Waals surface area contributed by atoms with Crippen LogP contribution >= 0.6 is 0 Å². The van der Waals surface area contributed by atoms with Crippen LogP contribution in [0.25, 0.3) is 0 Å². The van der Waals surface area contributed by atoms with Crippen LogP contribution in [0.5, 0.6) is 5.75 Å². The molecule has 0 N–H and O–H groups in total. The van der Waals surface area contributed by atoms with Gasteiger partial charge in [0.1, 0.15) is 11.6 Å². The third kappa shape index (κ3) is 3.09. The lowest BCUT2D eigenvalue weighted by molar-refractivity contribution is 0.320. The zero-order valence-electron chi connectivity index (χ0n) is 8.82. The van der Waals surface area contributed by atoms with Gasteiger partial charge >= 0.3 is 0 Å². The summed E-state index contributed by atoms with van der Waals surface area (Å²) < 4.78 is 18.2. The SMILES string of the molecule is Fc1[c]ccc(OCCc2ccccc2)c1. The van der Waals surface area contributed by atoms with E-state index in [2.05, 4.69) is 6.07 Å². The molecule has 0 bridgehead atoms. The van der Waals surface area contributed by atoms with E-state index in [9.17, 15) is 4.39 Å². The number of benzene rings is 2. The molecular formula is C14H12FO. The predicted molar refractivity (Wildman–Crippen MR) is 60.9 cm³/mol. The Bertz CT molecular complexity index is 439. The lowest BCUT2D eigenvalue weighted by Crippen LogP contribution is -2.01. The van der Waals surface area contributed by atoms with E-state index in [0.29, 0.717) is 12.4 Å². The van der Waals surface area contributed by atoms with E-state index in [4.69, 9.17) is 4.74 Å². The van der Waals surface area contributed by atoms with Gasteiger partial charge in [-0.2, -0.15) is 0 Å². The van der Waals surface area contributed by atoms with Gasteiger partial charge in [0.2, 0.25) is 0 Å². The van der Waals surface area contributed by atoms with Crippen molar-refractivity contribution in [2.24, 2.45) is 0 Å². The van der Waals surface area contributed by atoms with E-state index in [1.165, 1.54) is 17.7 Å². The van der Waals surface area contributed by atoms with E-state index in [1.807, 2.05) is 30.3 Å². The third-order valence-corrected chi connectivity index (χ3v) is 2.24. The summed E-state index contributed by atoms with van der Waals surface area (Å²) in [6, 6.07) is 17.0. The highest BCUT2D eigenvalue weighted by Gasteiger charge is 1.96. The fraction of sp³-hybridized carbons (Fsp3) is 0.143. The molecule has 0 aliphatic carbocycles. The molecule has 0 saturated heterocycles. The highest BCUT2D eigenvalue weighted by Crippen LogP contribution is 2.12. The summed E-state index contributed by atoms with van der Waals surface area (Å²) in [5.41, 5.74) is 1.21. The van der Waals surface area contributed by atoms with Gasteiger partial charge in [-0.05, 0) is 17.7 Å². The normalized spacial score (nSPS) is 10.1. The van der Waals surface area contributed by atoms with Crippen LogP contribution in [0.4, 0.5) is 4.39 Å². The monoisotopic (exact) mass is 215 g/mol. The Hall–Kier alpha value is -1.83. The van der Waals surface area contributed by atoms with Crippen molar-refractivity contribution in [3.63, 3.8) is 0 Å². The molecule has 0 amide bonds. The third-order valence-electron chi connectivity index (χ3n) is 2.24. The first-order valence-corrected chi connectivity index (χ1v) is 5.18. The van der Waals surface area contributed by atoms with Gasteiger partial charge in [0.05, 0.1) is 6.61 Å². The quantitative estimate of drug-likeness (QED) is 0.760. The summed E-state index contributed by atoms with van der Waals surface area (Å²) >= 11 is 0. The zero-order valence-corrected chi connectivity index (χ0v) is 8.82. The Morgan fingerprint density at radius 2 is 1.94 bits per heavy atom. The maximum Gasteiger partial charge on any atom is 0.134 e. The molecule has 0 atom stereocenters. The van der Waals surface area contributed by atoms with Crippen molar-refractivity contribution in [1.29, 1.82) is 0 Å². The van der Waals surface area contributed by atoms with Crippen LogP contribution in [0.15, 0.2) is 48.5 Å². The lowest BCUT2D eigenvalue weighted by atomic mass is 10.2. The number of hydrogen-bond donors (Lipinski definition) is 0. The largest absolute Gasteiger partial charge is 0.493 e. The summed E-state index contributed by atoms with van der Waals surface area (Å²) in [6.45, 7) is 0.549. The van der Waals surface area contributed by atoms with Gasteiger partial charge in [-0.25, -0.2) is 4.39 Å². The van der Waals surface area contributed by atoms with E-state index in [1.54, 1.807) is 6.07 Å². The molecule has 81 valence electrons. The average Bonchev–Trinajstić information content (AvgIpc) is 2.30. The fourth-order valence-corrected chi connectivity index (χ4v) is 1.44. The summed E-state index contributed by atoms with van der Waals surface area (Å²) in [7, 11) is 0. The molecule has 0 unspecified atom stereocenters. The zero-order chi connectivity index (χ0) is 11.2. The molecule has 2 aromatic carbocycles. The van der Waals surface area contributed by atoms with E-state index in [0.717, 1.165) is 6.42 Å². The van der Waals surface area contributed by atoms with Crippen molar-refractivity contribution in [3.8, 4) is 5.75 Å². The second-order valence-electron chi connectivity index (χ2n) is 3.46. The molecular weight excluding hydrogens is 203 g/mol. The summed E-state index contributed by atoms with van der Waals surface area (Å²) in [5.74, 6) is 0.157. The van der Waals surface area contributed by atoms with Gasteiger partial charge in [0.25, 0.3) is 0 Å². The van der Waals surface area contributed by atoms with Crippen LogP contribution in [-0.2, 0) is 6.42 Å². The molecule has 2 rings (SSSR count). The smallest absolute Gasteiger partial charge is 0.134 e. The second kappa shape index (κ2) is 5.31. The predicted octanol–water partition coefficient (Wildman–Crippen LogP) is 3.25. The van der Waals surface area contributed by atoms with Gasteiger partial charge in [0.15, 0.2) is 0 Å². The summed E-state index contributed by atoms with van der Waals surface area (Å²) in [4.78, 5) is 0. The maximum atomic E-state index is 12.8. The van der Waals surface area contributed by atoms with Crippen molar-refractivity contribution in [1.82, 2.24) is 0 Å². The molecule has 1 nitrogen and oxygen atoms in total. The van der Waals surface area contributed by atoms with Crippen LogP contribution in [-0.4, -0.2) is 6.61 Å². The summed E-state index contributed by atoms with van der Waals surface area (Å²) in [6.07, 6.45) is 0.821. The first-order valence-electron chi connectivity index (χ1n) is 5.18. The topological polar surface area (TPSA) is 9.23 Å². The number of rotatable bonds is 4. The van der Waals surface area contributed by atoms with Crippen molar-refractivity contribution >= 4 is 0 Å². The molecule has 2 aromatic rings. The first kappa shape index (κ1) is 10.7. The van der Waals surface area contributed by atoms with E-state index in [-0.39, 0.29) is 0 Å². The highest BCUT2D eigenvalue weighted by atomic mass is 19.1. The molecule has 16 heavy (non-hydrogen) atoms. The number of hydrogen-bond acceptors (Lipinski definition) is 1. The van der Waals surface area contributed by atoms with Gasteiger partial charge in [-0.15, -0.1) is 0 Å². The molecule has 0 heterocycles. The standard InChI is InChI=1S/C14H12FO/c15-13-7-4-8-14(11-13)16-10-9-12-5-2-1-3-6-12/h1-6,8,11H,9-10H2. The van der Waals surface area contributed by atoms with Crippen LogP contribution in [0.1, 0.15) is 5.56 Å². The Labute approximate surface area is 94.5 Å². The molecule has 1 radical (unpaired) electrons. The Morgan fingerprint density at radius 3 is 2.69 bits per heavy atom. The average molecular weight is 215 g/mol. The Kier molecular flexibility index (Phi) is 3.54. The highest BCUT2D eigenvalue weighted by molar-refractivity contribution is 5.22. The molecule has 2 heteroatoms. The molecule has 0 aromatic heterocycles. The van der Waals surface area contributed by atoms with Crippen molar-refractivity contribution in [2.45, 2.75) is 6.42 Å².